The Labute approximate surface area is 161 Å². The van der Waals surface area contributed by atoms with Crippen molar-refractivity contribution in [2.24, 2.45) is 0 Å². The van der Waals surface area contributed by atoms with Crippen LogP contribution in [0.5, 0.6) is 0 Å². The zero-order valence-electron chi connectivity index (χ0n) is 13.7. The number of rotatable bonds is 4. The number of carbonyl (C=O) groups is 1. The van der Waals surface area contributed by atoms with E-state index in [4.69, 9.17) is 0 Å². The minimum atomic E-state index is -4.42. The number of pyridine rings is 1. The van der Waals surface area contributed by atoms with Gasteiger partial charge in [0.1, 0.15) is 5.82 Å². The Balaban J connectivity index is 1.78. The maximum atomic E-state index is 12.6. The summed E-state index contributed by atoms with van der Waals surface area (Å²) in [6.45, 7) is 0. The quantitative estimate of drug-likeness (QED) is 0.539. The van der Waals surface area contributed by atoms with E-state index in [1.807, 2.05) is 24.3 Å². The lowest BCUT2D eigenvalue weighted by atomic mass is 10.2. The summed E-state index contributed by atoms with van der Waals surface area (Å²) < 4.78 is 38.8. The Bertz CT molecular complexity index is 942. The fourth-order valence-electron chi connectivity index (χ4n) is 2.30. The van der Waals surface area contributed by atoms with Crippen LogP contribution in [0.3, 0.4) is 0 Å². The molecule has 1 aromatic heterocycles. The van der Waals surface area contributed by atoms with E-state index in [1.54, 1.807) is 12.1 Å². The van der Waals surface area contributed by atoms with Crippen LogP contribution >= 0.6 is 15.9 Å². The first kappa shape index (κ1) is 18.9. The summed E-state index contributed by atoms with van der Waals surface area (Å²) in [5.41, 5.74) is 0.478. The second-order valence-corrected chi connectivity index (χ2v) is 6.48. The van der Waals surface area contributed by atoms with Crippen molar-refractivity contribution in [1.82, 2.24) is 4.98 Å². The lowest BCUT2D eigenvalue weighted by Crippen LogP contribution is -2.15. The van der Waals surface area contributed by atoms with Crippen molar-refractivity contribution in [3.05, 3.63) is 82.5 Å². The summed E-state index contributed by atoms with van der Waals surface area (Å²) in [4.78, 5) is 16.7. The number of alkyl halides is 3. The predicted octanol–water partition coefficient (Wildman–Crippen LogP) is 5.86. The number of benzene rings is 2. The average Bonchev–Trinajstić information content (AvgIpc) is 2.64. The van der Waals surface area contributed by atoms with Gasteiger partial charge in [0.15, 0.2) is 0 Å². The molecular weight excluding hydrogens is 423 g/mol. The molecule has 2 N–H and O–H groups in total. The lowest BCUT2D eigenvalue weighted by molar-refractivity contribution is -0.137. The Morgan fingerprint density at radius 2 is 1.56 bits per heavy atom. The molecular formula is C19H13BrF3N3O. The summed E-state index contributed by atoms with van der Waals surface area (Å²) in [7, 11) is 0. The Morgan fingerprint density at radius 1 is 0.926 bits per heavy atom. The zero-order valence-corrected chi connectivity index (χ0v) is 15.3. The second-order valence-electron chi connectivity index (χ2n) is 5.56. The van der Waals surface area contributed by atoms with Crippen molar-refractivity contribution in [3.8, 4) is 0 Å². The van der Waals surface area contributed by atoms with Gasteiger partial charge < -0.3 is 10.6 Å². The molecule has 0 aliphatic carbocycles. The third-order valence-corrected chi connectivity index (χ3v) is 4.16. The summed E-state index contributed by atoms with van der Waals surface area (Å²) in [5, 5.41) is 5.63. The summed E-state index contributed by atoms with van der Waals surface area (Å²) in [6, 6.07) is 14.7. The number of hydrogen-bond acceptors (Lipinski definition) is 3. The van der Waals surface area contributed by atoms with Gasteiger partial charge in [-0.2, -0.15) is 13.2 Å². The lowest BCUT2D eigenvalue weighted by Gasteiger charge is -2.12. The summed E-state index contributed by atoms with van der Waals surface area (Å²) >= 11 is 3.34. The predicted molar refractivity (Wildman–Crippen MR) is 101 cm³/mol. The van der Waals surface area contributed by atoms with Crippen LogP contribution in [-0.4, -0.2) is 10.9 Å². The molecule has 138 valence electrons. The molecule has 0 fully saturated rings. The van der Waals surface area contributed by atoms with Gasteiger partial charge in [-0.1, -0.05) is 15.9 Å². The van der Waals surface area contributed by atoms with E-state index in [-0.39, 0.29) is 11.3 Å². The van der Waals surface area contributed by atoms with Gasteiger partial charge in [0.2, 0.25) is 0 Å². The van der Waals surface area contributed by atoms with E-state index in [0.29, 0.717) is 5.82 Å². The van der Waals surface area contributed by atoms with Crippen molar-refractivity contribution in [2.75, 3.05) is 10.6 Å². The molecule has 3 rings (SSSR count). The van der Waals surface area contributed by atoms with Gasteiger partial charge in [-0.15, -0.1) is 0 Å². The minimum absolute atomic E-state index is 0.256. The van der Waals surface area contributed by atoms with Crippen molar-refractivity contribution in [2.45, 2.75) is 6.18 Å². The number of nitrogens with one attached hydrogen (secondary N) is 2. The molecule has 0 atom stereocenters. The maximum absolute atomic E-state index is 12.6. The van der Waals surface area contributed by atoms with E-state index in [1.165, 1.54) is 18.3 Å². The van der Waals surface area contributed by atoms with Gasteiger partial charge in [0.05, 0.1) is 11.1 Å². The van der Waals surface area contributed by atoms with Gasteiger partial charge in [-0.25, -0.2) is 4.98 Å². The highest BCUT2D eigenvalue weighted by Gasteiger charge is 2.30. The number of carbonyl (C=O) groups excluding carboxylic acids is 1. The average molecular weight is 436 g/mol. The zero-order chi connectivity index (χ0) is 19.4. The molecule has 27 heavy (non-hydrogen) atoms. The molecule has 0 saturated heterocycles. The fourth-order valence-corrected chi connectivity index (χ4v) is 2.56. The molecule has 8 heteroatoms. The van der Waals surface area contributed by atoms with Crippen LogP contribution in [0, 0.1) is 0 Å². The molecule has 4 nitrogen and oxygen atoms in total. The molecule has 2 aromatic carbocycles. The smallest absolute Gasteiger partial charge is 0.340 e. The Kier molecular flexibility index (Phi) is 5.46. The number of halogens is 4. The van der Waals surface area contributed by atoms with Crippen molar-refractivity contribution in [1.29, 1.82) is 0 Å². The highest BCUT2D eigenvalue weighted by Crippen LogP contribution is 2.30. The van der Waals surface area contributed by atoms with Crippen LogP contribution < -0.4 is 10.6 Å². The van der Waals surface area contributed by atoms with E-state index in [0.717, 1.165) is 22.3 Å². The molecule has 0 unspecified atom stereocenters. The number of hydrogen-bond donors (Lipinski definition) is 2. The molecule has 3 aromatic rings. The maximum Gasteiger partial charge on any atom is 0.416 e. The Morgan fingerprint density at radius 3 is 2.19 bits per heavy atom. The Hall–Kier alpha value is -2.87. The van der Waals surface area contributed by atoms with Crippen LogP contribution in [-0.2, 0) is 6.18 Å². The standard InChI is InChI=1S/C19H13BrF3N3O/c20-13-5-9-14(10-6-13)25-17-16(2-1-11-24-17)18(27)26-15-7-3-12(4-8-15)19(21,22)23/h1-11H,(H,24,25)(H,26,27). The van der Waals surface area contributed by atoms with Crippen LogP contribution in [0.2, 0.25) is 0 Å². The van der Waals surface area contributed by atoms with Gasteiger partial charge >= 0.3 is 6.18 Å². The highest BCUT2D eigenvalue weighted by atomic mass is 79.9. The first-order valence-corrected chi connectivity index (χ1v) is 8.58. The van der Waals surface area contributed by atoms with E-state index in [9.17, 15) is 18.0 Å². The van der Waals surface area contributed by atoms with E-state index >= 15 is 0 Å². The van der Waals surface area contributed by atoms with Crippen LogP contribution in [0.4, 0.5) is 30.4 Å². The second kappa shape index (κ2) is 7.79. The van der Waals surface area contributed by atoms with Gasteiger partial charge in [-0.3, -0.25) is 4.79 Å². The van der Waals surface area contributed by atoms with Gasteiger partial charge in [0.25, 0.3) is 5.91 Å². The first-order chi connectivity index (χ1) is 12.8. The number of amides is 1. The number of nitrogens with zero attached hydrogens (tertiary/aromatic N) is 1. The van der Waals surface area contributed by atoms with Crippen LogP contribution in [0.15, 0.2) is 71.3 Å². The van der Waals surface area contributed by atoms with Crippen molar-refractivity contribution in [3.63, 3.8) is 0 Å². The minimum Gasteiger partial charge on any atom is -0.340 e. The third-order valence-electron chi connectivity index (χ3n) is 3.63. The normalized spacial score (nSPS) is 11.1. The van der Waals surface area contributed by atoms with Gasteiger partial charge in [-0.05, 0) is 60.7 Å². The van der Waals surface area contributed by atoms with Crippen molar-refractivity contribution < 1.29 is 18.0 Å². The van der Waals surface area contributed by atoms with E-state index < -0.39 is 17.6 Å². The molecule has 0 spiro atoms. The topological polar surface area (TPSA) is 54.0 Å². The van der Waals surface area contributed by atoms with Crippen LogP contribution in [0.1, 0.15) is 15.9 Å². The van der Waals surface area contributed by atoms with E-state index in [2.05, 4.69) is 31.5 Å². The highest BCUT2D eigenvalue weighted by molar-refractivity contribution is 9.10. The largest absolute Gasteiger partial charge is 0.416 e. The number of aromatic nitrogens is 1. The summed E-state index contributed by atoms with van der Waals surface area (Å²) in [5.74, 6) is -0.147. The fraction of sp³-hybridized carbons (Fsp3) is 0.0526. The molecule has 0 aliphatic heterocycles. The molecule has 1 heterocycles. The molecule has 0 saturated carbocycles. The molecule has 0 bridgehead atoms. The monoisotopic (exact) mass is 435 g/mol. The molecule has 0 aliphatic rings. The molecule has 0 radical (unpaired) electrons. The molecule has 1 amide bonds. The summed E-state index contributed by atoms with van der Waals surface area (Å²) in [6.07, 6.45) is -2.89. The SMILES string of the molecule is O=C(Nc1ccc(C(F)(F)F)cc1)c1cccnc1Nc1ccc(Br)cc1. The van der Waals surface area contributed by atoms with Crippen LogP contribution in [0.25, 0.3) is 0 Å². The third kappa shape index (κ3) is 4.85. The van der Waals surface area contributed by atoms with Gasteiger partial charge in [0, 0.05) is 22.0 Å². The first-order valence-electron chi connectivity index (χ1n) is 7.79. The number of anilines is 3. The van der Waals surface area contributed by atoms with Crippen molar-refractivity contribution >= 4 is 39.0 Å².